The van der Waals surface area contributed by atoms with Crippen molar-refractivity contribution in [3.63, 3.8) is 0 Å². The zero-order chi connectivity index (χ0) is 47.9. The fourth-order valence-electron chi connectivity index (χ4n) is 9.66. The number of fused-ring (bicyclic) bond motifs is 2. The Morgan fingerprint density at radius 1 is 0.800 bits per heavy atom. The van der Waals surface area contributed by atoms with E-state index in [0.29, 0.717) is 17.9 Å². The van der Waals surface area contributed by atoms with Crippen LogP contribution in [0, 0.1) is 0 Å². The van der Waals surface area contributed by atoms with Gasteiger partial charge in [0.25, 0.3) is 0 Å². The second kappa shape index (κ2) is 18.6. The van der Waals surface area contributed by atoms with Gasteiger partial charge in [-0.1, -0.05) is 50.3 Å². The molecule has 0 saturated heterocycles. The topological polar surface area (TPSA) is 135 Å². The highest BCUT2D eigenvalue weighted by Gasteiger charge is 2.45. The van der Waals surface area contributed by atoms with E-state index in [0.717, 1.165) is 117 Å². The number of hydrogen-bond donors (Lipinski definition) is 1. The highest BCUT2D eigenvalue weighted by Crippen LogP contribution is 2.49. The van der Waals surface area contributed by atoms with Crippen molar-refractivity contribution >= 4 is 48.6 Å². The maximum atomic E-state index is 12.8. The SMILES string of the molecule is CC1(C)C(=CC=C2CCCC(C=CC3=[N+](CCC[N+](C)(C)C)c4ccc(S(C)(=O)=O)cc4C3(C)C)=C2c2ccc(CCC(=O)O)cc2)N(CCC[N+](C)(C)C)c2ccc(S(=O)(=O)[O-])cc21. The third kappa shape index (κ3) is 11.5. The lowest BCUT2D eigenvalue weighted by Gasteiger charge is -2.29. The van der Waals surface area contributed by atoms with E-state index in [9.17, 15) is 31.3 Å². The molecule has 0 bridgehead atoms. The maximum Gasteiger partial charge on any atom is 0.303 e. The first-order chi connectivity index (χ1) is 30.1. The molecule has 0 fully saturated rings. The van der Waals surface area contributed by atoms with Crippen molar-refractivity contribution in [1.29, 1.82) is 0 Å². The molecule has 0 atom stereocenters. The highest BCUT2D eigenvalue weighted by atomic mass is 32.2. The second-order valence-corrected chi connectivity index (χ2v) is 24.6. The Kier molecular flexibility index (Phi) is 14.2. The van der Waals surface area contributed by atoms with Crippen LogP contribution >= 0.6 is 0 Å². The van der Waals surface area contributed by atoms with E-state index in [-0.39, 0.29) is 11.3 Å². The van der Waals surface area contributed by atoms with Gasteiger partial charge in [-0.3, -0.25) is 4.79 Å². The number of sulfone groups is 1. The number of carbonyl (C=O) groups is 1. The molecule has 2 heterocycles. The summed E-state index contributed by atoms with van der Waals surface area (Å²) in [6.07, 6.45) is 15.0. The number of quaternary nitrogens is 2. The van der Waals surface area contributed by atoms with Crippen LogP contribution in [0.15, 0.2) is 112 Å². The number of hydrogen-bond acceptors (Lipinski definition) is 7. The van der Waals surface area contributed by atoms with Crippen LogP contribution in [0.25, 0.3) is 5.57 Å². The Labute approximate surface area is 388 Å². The molecule has 3 aliphatic rings. The molecule has 0 amide bonds. The summed E-state index contributed by atoms with van der Waals surface area (Å²) in [7, 11) is 4.99. The number of anilines is 1. The molecule has 0 aromatic heterocycles. The van der Waals surface area contributed by atoms with Gasteiger partial charge in [-0.25, -0.2) is 16.8 Å². The quantitative estimate of drug-likeness (QED) is 0.0811. The molecule has 0 saturated carbocycles. The standard InChI is InChI=1S/C52H69N4O7S2/c1-51(2)43-35-41(64(11,59)60)24-26-45(43)53(31-13-33-55(5,6)7)47(51)28-22-38-15-12-16-39(50(38)40-20-17-37(18-21-40)19-30-49(57)58)23-29-48-52(3,4)44-36-42(65(61,62)63)25-27-46(44)54(48)32-14-34-56(8,9)10/h17-18,20-29,35-36H,12-16,19,30-34H2,1-11H3/q+1/p+1. The summed E-state index contributed by atoms with van der Waals surface area (Å²) >= 11 is 0. The molecule has 1 aliphatic carbocycles. The minimum atomic E-state index is -4.66. The van der Waals surface area contributed by atoms with Crippen molar-refractivity contribution in [3.05, 3.63) is 124 Å². The Bertz CT molecular complexity index is 2730. The van der Waals surface area contributed by atoms with Crippen molar-refractivity contribution in [1.82, 2.24) is 0 Å². The first-order valence-corrected chi connectivity index (χ1v) is 26.0. The largest absolute Gasteiger partial charge is 0.744 e. The van der Waals surface area contributed by atoms with Crippen LogP contribution < -0.4 is 4.90 Å². The molecule has 6 rings (SSSR count). The Morgan fingerprint density at radius 2 is 1.43 bits per heavy atom. The van der Waals surface area contributed by atoms with Gasteiger partial charge in [-0.05, 0) is 109 Å². The Morgan fingerprint density at radius 3 is 2.05 bits per heavy atom. The molecule has 350 valence electrons. The summed E-state index contributed by atoms with van der Waals surface area (Å²) < 4.78 is 66.2. The zero-order valence-corrected chi connectivity index (χ0v) is 42.0. The van der Waals surface area contributed by atoms with Gasteiger partial charge in [-0.15, -0.1) is 0 Å². The second-order valence-electron chi connectivity index (χ2n) is 21.2. The number of rotatable bonds is 17. The molecule has 0 radical (unpaired) electrons. The normalized spacial score (nSPS) is 18.9. The average molecular weight is 927 g/mol. The molecular formula is C52H70N4O7S2+2. The highest BCUT2D eigenvalue weighted by molar-refractivity contribution is 7.90. The van der Waals surface area contributed by atoms with E-state index >= 15 is 0 Å². The molecule has 3 aromatic rings. The van der Waals surface area contributed by atoms with Crippen molar-refractivity contribution in [2.75, 3.05) is 79.6 Å². The lowest BCUT2D eigenvalue weighted by molar-refractivity contribution is -0.871. The summed E-state index contributed by atoms with van der Waals surface area (Å²) in [5.41, 5.74) is 10.2. The van der Waals surface area contributed by atoms with E-state index in [4.69, 9.17) is 0 Å². The zero-order valence-electron chi connectivity index (χ0n) is 40.4. The summed E-state index contributed by atoms with van der Waals surface area (Å²) in [4.78, 5) is 13.8. The maximum absolute atomic E-state index is 12.8. The van der Waals surface area contributed by atoms with Gasteiger partial charge in [0.05, 0.1) is 77.0 Å². The Hall–Kier alpha value is -4.66. The molecule has 0 spiro atoms. The number of nitrogens with zero attached hydrogens (tertiary/aromatic N) is 4. The molecule has 3 aromatic carbocycles. The molecular weight excluding hydrogens is 857 g/mol. The molecule has 13 heteroatoms. The minimum Gasteiger partial charge on any atom is -0.744 e. The van der Waals surface area contributed by atoms with Crippen molar-refractivity contribution in [3.8, 4) is 0 Å². The number of aliphatic carboxylic acids is 1. The van der Waals surface area contributed by atoms with Crippen LogP contribution in [0.1, 0.15) is 88.5 Å². The van der Waals surface area contributed by atoms with E-state index in [2.05, 4.69) is 116 Å². The number of allylic oxidation sites excluding steroid dienone is 8. The van der Waals surface area contributed by atoms with Crippen molar-refractivity contribution in [2.45, 2.75) is 93.3 Å². The number of aryl methyl sites for hydroxylation is 1. The summed E-state index contributed by atoms with van der Waals surface area (Å²) in [5.74, 6) is -0.835. The van der Waals surface area contributed by atoms with Gasteiger partial charge in [0.2, 0.25) is 5.69 Å². The van der Waals surface area contributed by atoms with Gasteiger partial charge in [0, 0.05) is 60.1 Å². The predicted octanol–water partition coefficient (Wildman–Crippen LogP) is 8.38. The third-order valence-electron chi connectivity index (χ3n) is 13.2. The van der Waals surface area contributed by atoms with Crippen molar-refractivity contribution < 1.29 is 44.8 Å². The van der Waals surface area contributed by atoms with Gasteiger partial charge < -0.3 is 23.5 Å². The number of carboxylic acids is 1. The molecule has 0 unspecified atom stereocenters. The van der Waals surface area contributed by atoms with Crippen LogP contribution in [-0.4, -0.2) is 126 Å². The first-order valence-electron chi connectivity index (χ1n) is 22.7. The van der Waals surface area contributed by atoms with E-state index < -0.39 is 36.8 Å². The van der Waals surface area contributed by atoms with E-state index in [1.807, 2.05) is 24.3 Å². The predicted molar refractivity (Wildman–Crippen MR) is 261 cm³/mol. The monoisotopic (exact) mass is 926 g/mol. The molecule has 1 N–H and O–H groups in total. The smallest absolute Gasteiger partial charge is 0.303 e. The van der Waals surface area contributed by atoms with Crippen LogP contribution in [0.5, 0.6) is 0 Å². The lowest BCUT2D eigenvalue weighted by Crippen LogP contribution is -2.37. The minimum absolute atomic E-state index is 0.0498. The third-order valence-corrected chi connectivity index (χ3v) is 15.1. The summed E-state index contributed by atoms with van der Waals surface area (Å²) in [5, 5.41) is 9.39. The number of carboxylic acid groups (broad SMARTS) is 1. The van der Waals surface area contributed by atoms with E-state index in [1.165, 1.54) is 17.9 Å². The Balaban J connectivity index is 1.51. The first kappa shape index (κ1) is 49.8. The van der Waals surface area contributed by atoms with Crippen LogP contribution in [0.2, 0.25) is 0 Å². The summed E-state index contributed by atoms with van der Waals surface area (Å²) in [6, 6.07) is 18.5. The van der Waals surface area contributed by atoms with Crippen molar-refractivity contribution in [2.24, 2.45) is 0 Å². The molecule has 65 heavy (non-hydrogen) atoms. The van der Waals surface area contributed by atoms with Gasteiger partial charge >= 0.3 is 5.97 Å². The molecule has 11 nitrogen and oxygen atoms in total. The van der Waals surface area contributed by atoms with E-state index in [1.54, 1.807) is 18.2 Å². The van der Waals surface area contributed by atoms with Crippen LogP contribution in [0.4, 0.5) is 11.4 Å². The van der Waals surface area contributed by atoms with Crippen LogP contribution in [0.3, 0.4) is 0 Å². The number of benzene rings is 3. The fraction of sp³-hybridized carbons (Fsp3) is 0.462. The van der Waals surface area contributed by atoms with Gasteiger partial charge in [-0.2, -0.15) is 4.58 Å². The van der Waals surface area contributed by atoms with Gasteiger partial charge in [0.1, 0.15) is 10.1 Å². The molecule has 2 aliphatic heterocycles. The van der Waals surface area contributed by atoms with Crippen LogP contribution in [-0.2, 0) is 42.0 Å². The fourth-order valence-corrected chi connectivity index (χ4v) is 10.8. The lowest BCUT2D eigenvalue weighted by atomic mass is 9.79. The van der Waals surface area contributed by atoms with Gasteiger partial charge in [0.15, 0.2) is 22.1 Å². The summed E-state index contributed by atoms with van der Waals surface area (Å²) in [6.45, 7) is 11.9. The average Bonchev–Trinajstić information content (AvgIpc) is 3.54.